The first-order valence-corrected chi connectivity index (χ1v) is 5.84. The number of hydrogen-bond donors (Lipinski definition) is 1. The van der Waals surface area contributed by atoms with Crippen LogP contribution >= 0.6 is 11.8 Å². The van der Waals surface area contributed by atoms with Crippen molar-refractivity contribution in [1.82, 2.24) is 5.32 Å². The van der Waals surface area contributed by atoms with Gasteiger partial charge in [-0.2, -0.15) is 0 Å². The van der Waals surface area contributed by atoms with E-state index in [4.69, 9.17) is 0 Å². The molecule has 82 valence electrons. The van der Waals surface area contributed by atoms with E-state index in [1.807, 2.05) is 30.3 Å². The predicted octanol–water partition coefficient (Wildman–Crippen LogP) is 1.50. The first kappa shape index (κ1) is 11.0. The van der Waals surface area contributed by atoms with Crippen molar-refractivity contribution in [3.05, 3.63) is 47.0 Å². The molecule has 1 unspecified atom stereocenters. The van der Waals surface area contributed by atoms with E-state index in [0.717, 1.165) is 11.8 Å². The molecule has 1 aromatic rings. The molecule has 1 amide bonds. The van der Waals surface area contributed by atoms with Crippen LogP contribution in [0.25, 0.3) is 0 Å². The maximum Gasteiger partial charge on any atom is 0.237 e. The van der Waals surface area contributed by atoms with E-state index in [0.29, 0.717) is 11.3 Å². The fourth-order valence-corrected chi connectivity index (χ4v) is 2.47. The quantitative estimate of drug-likeness (QED) is 0.805. The minimum atomic E-state index is -0.215. The minimum absolute atomic E-state index is 0.0422. The molecule has 0 saturated heterocycles. The molecule has 1 heterocycles. The summed E-state index contributed by atoms with van der Waals surface area (Å²) in [6, 6.07) is 9.78. The molecule has 1 aliphatic heterocycles. The molecule has 0 spiro atoms. The number of carbonyl (C=O) groups is 2. The Kier molecular flexibility index (Phi) is 3.41. The molecule has 0 bridgehead atoms. The lowest BCUT2D eigenvalue weighted by atomic mass is 10.1. The van der Waals surface area contributed by atoms with Gasteiger partial charge in [-0.25, -0.2) is 0 Å². The third-order valence-corrected chi connectivity index (χ3v) is 3.46. The second kappa shape index (κ2) is 4.99. The normalized spacial score (nSPS) is 19.9. The molecule has 1 N–H and O–H groups in total. The van der Waals surface area contributed by atoms with Crippen LogP contribution in [0.2, 0.25) is 0 Å². The number of nitrogens with one attached hydrogen (secondary N) is 1. The maximum atomic E-state index is 11.6. The van der Waals surface area contributed by atoms with Crippen LogP contribution in [0.3, 0.4) is 0 Å². The highest BCUT2D eigenvalue weighted by molar-refractivity contribution is 8.05. The zero-order valence-corrected chi connectivity index (χ0v) is 9.37. The van der Waals surface area contributed by atoms with E-state index < -0.39 is 0 Å². The van der Waals surface area contributed by atoms with Crippen molar-refractivity contribution in [2.45, 2.75) is 11.7 Å². The number of allylic oxidation sites excluding steroid dienone is 1. The van der Waals surface area contributed by atoms with Gasteiger partial charge in [0.15, 0.2) is 6.29 Å². The largest absolute Gasteiger partial charge is 0.330 e. The summed E-state index contributed by atoms with van der Waals surface area (Å²) in [4.78, 5) is 22.8. The van der Waals surface area contributed by atoms with Gasteiger partial charge in [0.25, 0.3) is 0 Å². The van der Waals surface area contributed by atoms with Crippen LogP contribution in [0.4, 0.5) is 0 Å². The summed E-state index contributed by atoms with van der Waals surface area (Å²) < 4.78 is 0. The molecule has 1 aliphatic rings. The summed E-state index contributed by atoms with van der Waals surface area (Å²) in [5, 5.41) is 2.39. The molecule has 2 rings (SSSR count). The van der Waals surface area contributed by atoms with Crippen LogP contribution in [0.15, 0.2) is 41.4 Å². The zero-order chi connectivity index (χ0) is 11.4. The Morgan fingerprint density at radius 1 is 1.31 bits per heavy atom. The summed E-state index contributed by atoms with van der Waals surface area (Å²) in [5.74, 6) is -0.0422. The van der Waals surface area contributed by atoms with Gasteiger partial charge in [-0.05, 0) is 12.0 Å². The highest BCUT2D eigenvalue weighted by atomic mass is 32.2. The first-order chi connectivity index (χ1) is 7.79. The van der Waals surface area contributed by atoms with Gasteiger partial charge in [-0.15, -0.1) is 11.8 Å². The molecule has 4 heteroatoms. The SMILES string of the molecule is O=CC1=CNC(=O)C(Cc2ccccc2)S1. The molecular weight excluding hydrogens is 222 g/mol. The third-order valence-electron chi connectivity index (χ3n) is 2.31. The Morgan fingerprint density at radius 3 is 2.75 bits per heavy atom. The summed E-state index contributed by atoms with van der Waals surface area (Å²) >= 11 is 1.32. The number of hydrogen-bond acceptors (Lipinski definition) is 3. The molecule has 1 aromatic carbocycles. The molecule has 0 saturated carbocycles. The van der Waals surface area contributed by atoms with Crippen LogP contribution in [0.5, 0.6) is 0 Å². The van der Waals surface area contributed by atoms with E-state index in [9.17, 15) is 9.59 Å². The number of thioether (sulfide) groups is 1. The Bertz CT molecular complexity index is 428. The van der Waals surface area contributed by atoms with Gasteiger partial charge in [0.1, 0.15) is 0 Å². The summed E-state index contributed by atoms with van der Waals surface area (Å²) in [6.07, 6.45) is 2.87. The molecule has 0 radical (unpaired) electrons. The molecule has 16 heavy (non-hydrogen) atoms. The number of carbonyl (C=O) groups excluding carboxylic acids is 2. The molecule has 1 atom stereocenters. The molecule has 3 nitrogen and oxygen atoms in total. The Balaban J connectivity index is 2.08. The summed E-state index contributed by atoms with van der Waals surface area (Å²) in [6.45, 7) is 0. The second-order valence-electron chi connectivity index (χ2n) is 3.47. The van der Waals surface area contributed by atoms with Crippen molar-refractivity contribution >= 4 is 24.0 Å². The van der Waals surface area contributed by atoms with Crippen molar-refractivity contribution in [2.24, 2.45) is 0 Å². The van der Waals surface area contributed by atoms with Crippen LogP contribution in [0.1, 0.15) is 5.56 Å². The van der Waals surface area contributed by atoms with Gasteiger partial charge in [-0.3, -0.25) is 9.59 Å². The van der Waals surface area contributed by atoms with Crippen molar-refractivity contribution in [2.75, 3.05) is 0 Å². The van der Waals surface area contributed by atoms with E-state index in [-0.39, 0.29) is 11.2 Å². The van der Waals surface area contributed by atoms with E-state index in [2.05, 4.69) is 5.32 Å². The average molecular weight is 233 g/mol. The van der Waals surface area contributed by atoms with Gasteiger partial charge in [0.2, 0.25) is 5.91 Å². The number of rotatable bonds is 3. The van der Waals surface area contributed by atoms with Gasteiger partial charge >= 0.3 is 0 Å². The fraction of sp³-hybridized carbons (Fsp3) is 0.167. The summed E-state index contributed by atoms with van der Waals surface area (Å²) in [5.41, 5.74) is 1.10. The zero-order valence-electron chi connectivity index (χ0n) is 8.55. The monoisotopic (exact) mass is 233 g/mol. The van der Waals surface area contributed by atoms with Gasteiger partial charge in [-0.1, -0.05) is 30.3 Å². The number of aldehydes is 1. The topological polar surface area (TPSA) is 46.2 Å². The Labute approximate surface area is 97.9 Å². The standard InChI is InChI=1S/C12H11NO2S/c14-8-10-7-13-12(15)11(16-10)6-9-4-2-1-3-5-9/h1-5,7-8,11H,6H2,(H,13,15). The predicted molar refractivity (Wildman–Crippen MR) is 63.8 cm³/mol. The van der Waals surface area contributed by atoms with E-state index in [1.54, 1.807) is 0 Å². The molecule has 0 aromatic heterocycles. The molecule has 0 fully saturated rings. The highest BCUT2D eigenvalue weighted by Gasteiger charge is 2.24. The average Bonchev–Trinajstić information content (AvgIpc) is 2.33. The van der Waals surface area contributed by atoms with Crippen molar-refractivity contribution in [3.8, 4) is 0 Å². The third kappa shape index (κ3) is 2.52. The lowest BCUT2D eigenvalue weighted by molar-refractivity contribution is -0.119. The fourth-order valence-electron chi connectivity index (χ4n) is 1.51. The van der Waals surface area contributed by atoms with Crippen LogP contribution in [-0.2, 0) is 16.0 Å². The molecule has 0 aliphatic carbocycles. The molecular formula is C12H11NO2S. The van der Waals surface area contributed by atoms with Crippen LogP contribution < -0.4 is 5.32 Å². The van der Waals surface area contributed by atoms with Crippen molar-refractivity contribution < 1.29 is 9.59 Å². The van der Waals surface area contributed by atoms with Crippen LogP contribution in [0, 0.1) is 0 Å². The van der Waals surface area contributed by atoms with Crippen molar-refractivity contribution in [3.63, 3.8) is 0 Å². The lowest BCUT2D eigenvalue weighted by Gasteiger charge is -2.19. The van der Waals surface area contributed by atoms with Crippen LogP contribution in [-0.4, -0.2) is 17.4 Å². The van der Waals surface area contributed by atoms with Gasteiger partial charge < -0.3 is 5.32 Å². The van der Waals surface area contributed by atoms with Crippen molar-refractivity contribution in [1.29, 1.82) is 0 Å². The summed E-state index contributed by atoms with van der Waals surface area (Å²) in [7, 11) is 0. The Hall–Kier alpha value is -1.55. The smallest absolute Gasteiger partial charge is 0.237 e. The van der Waals surface area contributed by atoms with E-state index in [1.165, 1.54) is 18.0 Å². The lowest BCUT2D eigenvalue weighted by Crippen LogP contribution is -2.34. The highest BCUT2D eigenvalue weighted by Crippen LogP contribution is 2.26. The second-order valence-corrected chi connectivity index (χ2v) is 4.75. The van der Waals surface area contributed by atoms with Gasteiger partial charge in [0, 0.05) is 6.20 Å². The minimum Gasteiger partial charge on any atom is -0.330 e. The van der Waals surface area contributed by atoms with E-state index >= 15 is 0 Å². The number of amides is 1. The number of benzene rings is 1. The van der Waals surface area contributed by atoms with Gasteiger partial charge in [0.05, 0.1) is 10.2 Å². The maximum absolute atomic E-state index is 11.6. The Morgan fingerprint density at radius 2 is 2.06 bits per heavy atom. The first-order valence-electron chi connectivity index (χ1n) is 4.96.